The molecule has 8 heteroatoms. The molecule has 0 aliphatic rings. The van der Waals surface area contributed by atoms with Crippen molar-refractivity contribution in [1.82, 2.24) is 15.0 Å². The summed E-state index contributed by atoms with van der Waals surface area (Å²) < 4.78 is 6.55. The monoisotopic (exact) mass is 309 g/mol. The predicted octanol–water partition coefficient (Wildman–Crippen LogP) is 1.60. The van der Waals surface area contributed by atoms with Crippen molar-refractivity contribution >= 4 is 23.2 Å². The first-order valence-corrected chi connectivity index (χ1v) is 6.68. The number of amides is 1. The Morgan fingerprint density at radius 1 is 1.57 bits per heavy atom. The maximum absolute atomic E-state index is 12.2. The normalized spacial score (nSPS) is 12.0. The van der Waals surface area contributed by atoms with Gasteiger partial charge in [0.05, 0.1) is 24.0 Å². The van der Waals surface area contributed by atoms with Crippen LogP contribution in [0.25, 0.3) is 0 Å². The van der Waals surface area contributed by atoms with E-state index in [9.17, 15) is 4.79 Å². The maximum Gasteiger partial charge on any atom is 0.249 e. The van der Waals surface area contributed by atoms with Gasteiger partial charge in [0.25, 0.3) is 0 Å². The highest BCUT2D eigenvalue weighted by molar-refractivity contribution is 6.32. The van der Waals surface area contributed by atoms with Crippen molar-refractivity contribution in [2.45, 2.75) is 19.5 Å². The summed E-state index contributed by atoms with van der Waals surface area (Å²) in [6.45, 7) is 1.98. The lowest BCUT2D eigenvalue weighted by Crippen LogP contribution is -2.26. The van der Waals surface area contributed by atoms with Crippen LogP contribution in [-0.4, -0.2) is 28.0 Å². The van der Waals surface area contributed by atoms with Gasteiger partial charge in [-0.2, -0.15) is 0 Å². The van der Waals surface area contributed by atoms with Gasteiger partial charge in [-0.1, -0.05) is 16.8 Å². The molecule has 0 aliphatic carbocycles. The van der Waals surface area contributed by atoms with E-state index in [0.29, 0.717) is 22.2 Å². The summed E-state index contributed by atoms with van der Waals surface area (Å²) in [5.41, 5.74) is 6.84. The lowest BCUT2D eigenvalue weighted by molar-refractivity contribution is -0.119. The largest absolute Gasteiger partial charge is 0.495 e. The van der Waals surface area contributed by atoms with Crippen LogP contribution in [0.1, 0.15) is 18.7 Å². The fraction of sp³-hybridized carbons (Fsp3) is 0.308. The quantitative estimate of drug-likeness (QED) is 0.874. The van der Waals surface area contributed by atoms with E-state index in [4.69, 9.17) is 22.1 Å². The Balaban J connectivity index is 2.12. The van der Waals surface area contributed by atoms with E-state index in [2.05, 4.69) is 15.6 Å². The molecule has 1 heterocycles. The highest BCUT2D eigenvalue weighted by atomic mass is 35.5. The molecule has 0 saturated carbocycles. The average Bonchev–Trinajstić information content (AvgIpc) is 2.95. The van der Waals surface area contributed by atoms with Gasteiger partial charge in [0.15, 0.2) is 0 Å². The van der Waals surface area contributed by atoms with E-state index < -0.39 is 6.04 Å². The molecule has 21 heavy (non-hydrogen) atoms. The van der Waals surface area contributed by atoms with Crippen molar-refractivity contribution in [3.05, 3.63) is 35.1 Å². The molecule has 0 saturated heterocycles. The minimum Gasteiger partial charge on any atom is -0.495 e. The Kier molecular flexibility index (Phi) is 4.77. The van der Waals surface area contributed by atoms with Crippen LogP contribution in [-0.2, 0) is 11.3 Å². The van der Waals surface area contributed by atoms with Crippen LogP contribution < -0.4 is 15.8 Å². The zero-order valence-electron chi connectivity index (χ0n) is 11.7. The molecule has 2 aromatic rings. The summed E-state index contributed by atoms with van der Waals surface area (Å²) in [5, 5.41) is 10.8. The Hall–Kier alpha value is -2.12. The molecule has 1 atom stereocenters. The average molecular weight is 310 g/mol. The molecule has 3 N–H and O–H groups in total. The summed E-state index contributed by atoms with van der Waals surface area (Å²) in [6, 6.07) is 4.48. The molecule has 112 valence electrons. The lowest BCUT2D eigenvalue weighted by atomic mass is 10.2. The van der Waals surface area contributed by atoms with Gasteiger partial charge in [0, 0.05) is 12.2 Å². The number of anilines is 1. The van der Waals surface area contributed by atoms with Gasteiger partial charge < -0.3 is 15.8 Å². The second kappa shape index (κ2) is 6.55. The predicted molar refractivity (Wildman–Crippen MR) is 79.3 cm³/mol. The Labute approximate surface area is 127 Å². The van der Waals surface area contributed by atoms with Gasteiger partial charge in [-0.25, -0.2) is 4.68 Å². The third-order valence-corrected chi connectivity index (χ3v) is 3.32. The van der Waals surface area contributed by atoms with Crippen molar-refractivity contribution in [3.8, 4) is 5.75 Å². The van der Waals surface area contributed by atoms with E-state index in [0.717, 1.165) is 0 Å². The summed E-state index contributed by atoms with van der Waals surface area (Å²) in [7, 11) is 1.53. The van der Waals surface area contributed by atoms with Crippen LogP contribution in [0.3, 0.4) is 0 Å². The molecule has 1 amide bonds. The van der Waals surface area contributed by atoms with E-state index >= 15 is 0 Å². The molecule has 1 aromatic carbocycles. The van der Waals surface area contributed by atoms with Crippen molar-refractivity contribution in [3.63, 3.8) is 0 Å². The number of nitrogens with one attached hydrogen (secondary N) is 1. The summed E-state index contributed by atoms with van der Waals surface area (Å²) >= 11 is 6.02. The highest BCUT2D eigenvalue weighted by Gasteiger charge is 2.19. The molecule has 0 fully saturated rings. The second-order valence-corrected chi connectivity index (χ2v) is 4.80. The molecule has 0 spiro atoms. The lowest BCUT2D eigenvalue weighted by Gasteiger charge is -2.14. The zero-order chi connectivity index (χ0) is 15.4. The molecule has 0 aliphatic heterocycles. The Morgan fingerprint density at radius 3 is 2.95 bits per heavy atom. The molecule has 0 radical (unpaired) electrons. The number of rotatable bonds is 5. The van der Waals surface area contributed by atoms with Gasteiger partial charge in [-0.15, -0.1) is 5.10 Å². The van der Waals surface area contributed by atoms with Gasteiger partial charge in [-0.3, -0.25) is 4.79 Å². The minimum atomic E-state index is -0.535. The number of methoxy groups -OCH3 is 1. The molecular formula is C13H16ClN5O2. The van der Waals surface area contributed by atoms with Gasteiger partial charge in [0.1, 0.15) is 11.8 Å². The molecule has 1 unspecified atom stereocenters. The van der Waals surface area contributed by atoms with E-state index in [1.54, 1.807) is 25.1 Å². The summed E-state index contributed by atoms with van der Waals surface area (Å²) in [6.07, 6.45) is 1.54. The number of nitrogens with two attached hydrogens (primary N) is 1. The topological polar surface area (TPSA) is 95.1 Å². The molecular weight excluding hydrogens is 294 g/mol. The molecule has 0 bridgehead atoms. The second-order valence-electron chi connectivity index (χ2n) is 4.39. The van der Waals surface area contributed by atoms with Crippen LogP contribution in [0.4, 0.5) is 5.69 Å². The summed E-state index contributed by atoms with van der Waals surface area (Å²) in [4.78, 5) is 12.2. The van der Waals surface area contributed by atoms with Gasteiger partial charge in [-0.05, 0) is 25.1 Å². The molecule has 7 nitrogen and oxygen atoms in total. The van der Waals surface area contributed by atoms with Gasteiger partial charge >= 0.3 is 0 Å². The molecule has 2 rings (SSSR count). The van der Waals surface area contributed by atoms with Crippen molar-refractivity contribution < 1.29 is 9.53 Å². The van der Waals surface area contributed by atoms with E-state index in [-0.39, 0.29) is 12.5 Å². The Bertz CT molecular complexity index is 643. The first-order chi connectivity index (χ1) is 10.1. The minimum absolute atomic E-state index is 0.239. The SMILES string of the molecule is COc1ccc(NC(=O)C(C)n2nncc2CN)cc1Cl. The number of benzene rings is 1. The third kappa shape index (κ3) is 3.32. The van der Waals surface area contributed by atoms with Crippen LogP contribution in [0.2, 0.25) is 5.02 Å². The van der Waals surface area contributed by atoms with E-state index in [1.165, 1.54) is 18.0 Å². The fourth-order valence-corrected chi connectivity index (χ4v) is 2.10. The van der Waals surface area contributed by atoms with Gasteiger partial charge in [0.2, 0.25) is 5.91 Å². The van der Waals surface area contributed by atoms with Crippen LogP contribution in [0, 0.1) is 0 Å². The number of hydrogen-bond donors (Lipinski definition) is 2. The molecule has 1 aromatic heterocycles. The van der Waals surface area contributed by atoms with Crippen molar-refractivity contribution in [2.24, 2.45) is 5.73 Å². The fourth-order valence-electron chi connectivity index (χ4n) is 1.84. The zero-order valence-corrected chi connectivity index (χ0v) is 12.5. The third-order valence-electron chi connectivity index (χ3n) is 3.02. The van der Waals surface area contributed by atoms with Crippen LogP contribution in [0.15, 0.2) is 24.4 Å². The number of aromatic nitrogens is 3. The van der Waals surface area contributed by atoms with Crippen molar-refractivity contribution in [2.75, 3.05) is 12.4 Å². The van der Waals surface area contributed by atoms with Crippen molar-refractivity contribution in [1.29, 1.82) is 0 Å². The first kappa shape index (κ1) is 15.3. The number of hydrogen-bond acceptors (Lipinski definition) is 5. The number of ether oxygens (including phenoxy) is 1. The van der Waals surface area contributed by atoms with Crippen LogP contribution in [0.5, 0.6) is 5.75 Å². The van der Waals surface area contributed by atoms with Crippen LogP contribution >= 0.6 is 11.6 Å². The van der Waals surface area contributed by atoms with E-state index in [1.807, 2.05) is 0 Å². The number of nitrogens with zero attached hydrogens (tertiary/aromatic N) is 3. The smallest absolute Gasteiger partial charge is 0.249 e. The number of carbonyl (C=O) groups excluding carboxylic acids is 1. The maximum atomic E-state index is 12.2. The highest BCUT2D eigenvalue weighted by Crippen LogP contribution is 2.27. The first-order valence-electron chi connectivity index (χ1n) is 6.30. The number of halogens is 1. The number of carbonyl (C=O) groups is 1. The standard InChI is InChI=1S/C13H16ClN5O2/c1-8(19-10(6-15)7-16-18-19)13(20)17-9-3-4-12(21-2)11(14)5-9/h3-5,7-8H,6,15H2,1-2H3,(H,17,20). The Morgan fingerprint density at radius 2 is 2.33 bits per heavy atom. The summed E-state index contributed by atoms with van der Waals surface area (Å²) in [5.74, 6) is 0.306.